The van der Waals surface area contributed by atoms with E-state index in [0.29, 0.717) is 12.5 Å². The SMILES string of the molecule is Cc1noc(C)c1CN(C)C(=O)C1CC1c1cccc2ccccc12. The number of carbonyl (C=O) groups is 1. The lowest BCUT2D eigenvalue weighted by Crippen LogP contribution is -2.28. The van der Waals surface area contributed by atoms with Gasteiger partial charge in [0, 0.05) is 18.5 Å². The second-order valence-electron chi connectivity index (χ2n) is 7.01. The van der Waals surface area contributed by atoms with Crippen LogP contribution in [0.3, 0.4) is 0 Å². The molecule has 2 atom stereocenters. The Balaban J connectivity index is 1.51. The van der Waals surface area contributed by atoms with E-state index >= 15 is 0 Å². The van der Waals surface area contributed by atoms with Gasteiger partial charge in [0.05, 0.1) is 12.2 Å². The van der Waals surface area contributed by atoms with E-state index < -0.39 is 0 Å². The average molecular weight is 334 g/mol. The van der Waals surface area contributed by atoms with Gasteiger partial charge in [-0.05, 0) is 42.5 Å². The van der Waals surface area contributed by atoms with Crippen molar-refractivity contribution in [2.75, 3.05) is 7.05 Å². The summed E-state index contributed by atoms with van der Waals surface area (Å²) in [4.78, 5) is 14.7. The molecular formula is C21H22N2O2. The topological polar surface area (TPSA) is 46.3 Å². The second kappa shape index (κ2) is 6.03. The molecule has 1 fully saturated rings. The molecule has 1 amide bonds. The van der Waals surface area contributed by atoms with Gasteiger partial charge in [0.25, 0.3) is 0 Å². The smallest absolute Gasteiger partial charge is 0.226 e. The number of aromatic nitrogens is 1. The van der Waals surface area contributed by atoms with E-state index in [9.17, 15) is 4.79 Å². The van der Waals surface area contributed by atoms with E-state index in [0.717, 1.165) is 23.4 Å². The monoisotopic (exact) mass is 334 g/mol. The van der Waals surface area contributed by atoms with Crippen LogP contribution in [-0.2, 0) is 11.3 Å². The van der Waals surface area contributed by atoms with Crippen LogP contribution in [0.4, 0.5) is 0 Å². The minimum absolute atomic E-state index is 0.0799. The Morgan fingerprint density at radius 1 is 1.20 bits per heavy atom. The molecule has 0 radical (unpaired) electrons. The van der Waals surface area contributed by atoms with E-state index in [-0.39, 0.29) is 11.8 Å². The van der Waals surface area contributed by atoms with Gasteiger partial charge in [0.1, 0.15) is 5.76 Å². The maximum absolute atomic E-state index is 12.8. The summed E-state index contributed by atoms with van der Waals surface area (Å²) < 4.78 is 5.20. The molecule has 2 unspecified atom stereocenters. The summed E-state index contributed by atoms with van der Waals surface area (Å²) in [6.45, 7) is 4.36. The van der Waals surface area contributed by atoms with Gasteiger partial charge in [-0.15, -0.1) is 0 Å². The molecule has 4 heteroatoms. The molecule has 0 saturated heterocycles. The van der Waals surface area contributed by atoms with Gasteiger partial charge in [-0.1, -0.05) is 47.6 Å². The fourth-order valence-electron chi connectivity index (χ4n) is 3.71. The number of rotatable bonds is 4. The summed E-state index contributed by atoms with van der Waals surface area (Å²) in [5.41, 5.74) is 3.17. The van der Waals surface area contributed by atoms with Gasteiger partial charge >= 0.3 is 0 Å². The Kier molecular flexibility index (Phi) is 3.83. The van der Waals surface area contributed by atoms with Gasteiger partial charge in [-0.2, -0.15) is 0 Å². The van der Waals surface area contributed by atoms with Gasteiger partial charge in [0.15, 0.2) is 0 Å². The lowest BCUT2D eigenvalue weighted by atomic mass is 10.00. The summed E-state index contributed by atoms with van der Waals surface area (Å²) >= 11 is 0. The van der Waals surface area contributed by atoms with Crippen molar-refractivity contribution >= 4 is 16.7 Å². The zero-order chi connectivity index (χ0) is 17.6. The molecule has 25 heavy (non-hydrogen) atoms. The Labute approximate surface area is 147 Å². The maximum atomic E-state index is 12.8. The molecule has 3 aromatic rings. The zero-order valence-corrected chi connectivity index (χ0v) is 14.8. The number of nitrogens with zero attached hydrogens (tertiary/aromatic N) is 2. The van der Waals surface area contributed by atoms with Crippen molar-refractivity contribution < 1.29 is 9.32 Å². The molecule has 1 saturated carbocycles. The zero-order valence-electron chi connectivity index (χ0n) is 14.8. The first-order valence-corrected chi connectivity index (χ1v) is 8.70. The molecule has 4 nitrogen and oxygen atoms in total. The van der Waals surface area contributed by atoms with E-state index in [1.807, 2.05) is 25.8 Å². The highest BCUT2D eigenvalue weighted by Gasteiger charge is 2.45. The van der Waals surface area contributed by atoms with Crippen LogP contribution >= 0.6 is 0 Å². The minimum atomic E-state index is 0.0799. The summed E-state index contributed by atoms with van der Waals surface area (Å²) in [5.74, 6) is 1.40. The third-order valence-corrected chi connectivity index (χ3v) is 5.28. The lowest BCUT2D eigenvalue weighted by molar-refractivity contribution is -0.131. The molecule has 0 spiro atoms. The predicted octanol–water partition coefficient (Wildman–Crippen LogP) is 4.21. The van der Waals surface area contributed by atoms with E-state index in [1.54, 1.807) is 0 Å². The summed E-state index contributed by atoms with van der Waals surface area (Å²) in [7, 11) is 1.87. The van der Waals surface area contributed by atoms with Crippen LogP contribution in [0.2, 0.25) is 0 Å². The van der Waals surface area contributed by atoms with Gasteiger partial charge in [-0.3, -0.25) is 4.79 Å². The van der Waals surface area contributed by atoms with Crippen molar-refractivity contribution in [1.29, 1.82) is 0 Å². The Morgan fingerprint density at radius 3 is 2.72 bits per heavy atom. The van der Waals surface area contributed by atoms with Crippen LogP contribution < -0.4 is 0 Å². The number of aryl methyl sites for hydroxylation is 2. The molecular weight excluding hydrogens is 312 g/mol. The van der Waals surface area contributed by atoms with Crippen molar-refractivity contribution in [3.63, 3.8) is 0 Å². The largest absolute Gasteiger partial charge is 0.361 e. The Morgan fingerprint density at radius 2 is 1.96 bits per heavy atom. The normalized spacial score (nSPS) is 19.2. The lowest BCUT2D eigenvalue weighted by Gasteiger charge is -2.17. The first-order chi connectivity index (χ1) is 12.1. The van der Waals surface area contributed by atoms with Crippen LogP contribution in [0.25, 0.3) is 10.8 Å². The molecule has 1 aromatic heterocycles. The van der Waals surface area contributed by atoms with E-state index in [2.05, 4.69) is 47.6 Å². The molecule has 0 N–H and O–H groups in total. The molecule has 1 heterocycles. The molecule has 128 valence electrons. The fraction of sp³-hybridized carbons (Fsp3) is 0.333. The van der Waals surface area contributed by atoms with Crippen molar-refractivity contribution in [1.82, 2.24) is 10.1 Å². The average Bonchev–Trinajstić information content (AvgIpc) is 3.36. The number of carbonyl (C=O) groups excluding carboxylic acids is 1. The van der Waals surface area contributed by atoms with Crippen LogP contribution in [0.15, 0.2) is 47.0 Å². The third kappa shape index (κ3) is 2.82. The first-order valence-electron chi connectivity index (χ1n) is 8.70. The van der Waals surface area contributed by atoms with Crippen LogP contribution in [-0.4, -0.2) is 23.0 Å². The molecule has 1 aliphatic rings. The molecule has 0 aliphatic heterocycles. The highest BCUT2D eigenvalue weighted by Crippen LogP contribution is 2.50. The molecule has 2 aromatic carbocycles. The van der Waals surface area contributed by atoms with Crippen molar-refractivity contribution in [3.05, 3.63) is 65.0 Å². The highest BCUT2D eigenvalue weighted by atomic mass is 16.5. The molecule has 4 rings (SSSR count). The third-order valence-electron chi connectivity index (χ3n) is 5.28. The van der Waals surface area contributed by atoms with Crippen LogP contribution in [0, 0.1) is 19.8 Å². The standard InChI is InChI=1S/C21H22N2O2/c1-13-20(14(2)25-22-13)12-23(3)21(24)19-11-18(19)17-10-6-8-15-7-4-5-9-16(15)17/h4-10,18-19H,11-12H2,1-3H3. The van der Waals surface area contributed by atoms with Crippen LogP contribution in [0.5, 0.6) is 0 Å². The van der Waals surface area contributed by atoms with Crippen molar-refractivity contribution in [2.45, 2.75) is 32.7 Å². The number of fused-ring (bicyclic) bond motifs is 1. The first kappa shape index (κ1) is 15.9. The quantitative estimate of drug-likeness (QED) is 0.718. The molecule has 1 aliphatic carbocycles. The molecule has 0 bridgehead atoms. The van der Waals surface area contributed by atoms with Gasteiger partial charge in [0.2, 0.25) is 5.91 Å². The Bertz CT molecular complexity index is 919. The highest BCUT2D eigenvalue weighted by molar-refractivity contribution is 5.89. The second-order valence-corrected chi connectivity index (χ2v) is 7.01. The van der Waals surface area contributed by atoms with Gasteiger partial charge in [-0.25, -0.2) is 0 Å². The summed E-state index contributed by atoms with van der Waals surface area (Å²) in [6.07, 6.45) is 0.929. The number of amides is 1. The van der Waals surface area contributed by atoms with E-state index in [1.165, 1.54) is 16.3 Å². The van der Waals surface area contributed by atoms with Gasteiger partial charge < -0.3 is 9.42 Å². The fourth-order valence-corrected chi connectivity index (χ4v) is 3.71. The predicted molar refractivity (Wildman–Crippen MR) is 97.2 cm³/mol. The minimum Gasteiger partial charge on any atom is -0.361 e. The number of hydrogen-bond donors (Lipinski definition) is 0. The Hall–Kier alpha value is -2.62. The van der Waals surface area contributed by atoms with Crippen molar-refractivity contribution in [2.24, 2.45) is 5.92 Å². The van der Waals surface area contributed by atoms with Crippen LogP contribution in [0.1, 0.15) is 34.9 Å². The summed E-state index contributed by atoms with van der Waals surface area (Å²) in [5, 5.41) is 6.47. The van der Waals surface area contributed by atoms with E-state index in [4.69, 9.17) is 4.52 Å². The van der Waals surface area contributed by atoms with Crippen molar-refractivity contribution in [3.8, 4) is 0 Å². The maximum Gasteiger partial charge on any atom is 0.226 e. The number of hydrogen-bond acceptors (Lipinski definition) is 3. The summed E-state index contributed by atoms with van der Waals surface area (Å²) in [6, 6.07) is 14.8. The number of benzene rings is 2.